The summed E-state index contributed by atoms with van der Waals surface area (Å²) in [6.45, 7) is 3.87. The molecule has 0 fully saturated rings. The van der Waals surface area contributed by atoms with Crippen molar-refractivity contribution in [3.05, 3.63) is 53.8 Å². The van der Waals surface area contributed by atoms with Crippen molar-refractivity contribution in [1.29, 1.82) is 0 Å². The number of carbonyl (C=O) groups excluding carboxylic acids is 1. The molecule has 0 saturated carbocycles. The summed E-state index contributed by atoms with van der Waals surface area (Å²) in [7, 11) is 0. The summed E-state index contributed by atoms with van der Waals surface area (Å²) in [4.78, 5) is 12.1. The van der Waals surface area contributed by atoms with Gasteiger partial charge in [-0.05, 0) is 56.3 Å². The maximum atomic E-state index is 13.2. The third-order valence-electron chi connectivity index (χ3n) is 2.74. The van der Waals surface area contributed by atoms with Crippen LogP contribution in [0.3, 0.4) is 0 Å². The lowest BCUT2D eigenvalue weighted by Crippen LogP contribution is -2.14. The smallest absolute Gasteiger partial charge is 0.257 e. The molecule has 5 heteroatoms. The van der Waals surface area contributed by atoms with Gasteiger partial charge in [-0.25, -0.2) is 4.39 Å². The Kier molecular flexibility index (Phi) is 4.42. The minimum absolute atomic E-state index is 0.0810. The highest BCUT2D eigenvalue weighted by molar-refractivity contribution is 6.07. The fourth-order valence-corrected chi connectivity index (χ4v) is 1.81. The largest absolute Gasteiger partial charge is 0.491 e. The number of hydrogen-bond acceptors (Lipinski definition) is 3. The number of halogens is 1. The first-order valence-electron chi connectivity index (χ1n) is 6.59. The zero-order valence-electron chi connectivity index (χ0n) is 11.9. The highest BCUT2D eigenvalue weighted by Gasteiger charge is 2.11. The number of nitrogens with one attached hydrogen (secondary N) is 1. The number of hydrogen-bond donors (Lipinski definition) is 2. The molecular formula is C16H17FN2O2. The lowest BCUT2D eigenvalue weighted by molar-refractivity contribution is 0.102. The van der Waals surface area contributed by atoms with Crippen LogP contribution in [-0.4, -0.2) is 12.0 Å². The minimum Gasteiger partial charge on any atom is -0.491 e. The Hall–Kier alpha value is -2.56. The Labute approximate surface area is 122 Å². The molecule has 0 unspecified atom stereocenters. The van der Waals surface area contributed by atoms with Crippen LogP contribution in [0.25, 0.3) is 0 Å². The van der Waals surface area contributed by atoms with Gasteiger partial charge in [-0.1, -0.05) is 0 Å². The van der Waals surface area contributed by atoms with Gasteiger partial charge in [0.05, 0.1) is 11.7 Å². The van der Waals surface area contributed by atoms with E-state index >= 15 is 0 Å². The predicted octanol–water partition coefficient (Wildman–Crippen LogP) is 3.45. The average molecular weight is 288 g/mol. The molecule has 3 N–H and O–H groups in total. The number of anilines is 2. The van der Waals surface area contributed by atoms with Crippen molar-refractivity contribution in [3.63, 3.8) is 0 Å². The highest BCUT2D eigenvalue weighted by atomic mass is 19.1. The second-order valence-electron chi connectivity index (χ2n) is 4.88. The van der Waals surface area contributed by atoms with Gasteiger partial charge in [0.25, 0.3) is 5.91 Å². The van der Waals surface area contributed by atoms with Crippen LogP contribution in [-0.2, 0) is 0 Å². The van der Waals surface area contributed by atoms with Crippen LogP contribution in [0.15, 0.2) is 42.5 Å². The summed E-state index contributed by atoms with van der Waals surface area (Å²) in [5, 5.41) is 2.67. The van der Waals surface area contributed by atoms with E-state index in [0.29, 0.717) is 11.4 Å². The van der Waals surface area contributed by atoms with Gasteiger partial charge < -0.3 is 15.8 Å². The number of rotatable bonds is 4. The van der Waals surface area contributed by atoms with E-state index in [1.807, 2.05) is 13.8 Å². The normalized spacial score (nSPS) is 10.5. The molecule has 0 aliphatic carbocycles. The van der Waals surface area contributed by atoms with Crippen molar-refractivity contribution in [1.82, 2.24) is 0 Å². The standard InChI is InChI=1S/C16H17FN2O2/c1-10(2)21-13-6-4-12(5-7-13)19-16(20)14-9-11(17)3-8-15(14)18/h3-10H,18H2,1-2H3,(H,19,20). The maximum Gasteiger partial charge on any atom is 0.257 e. The molecule has 0 aliphatic rings. The molecule has 0 radical (unpaired) electrons. The van der Waals surface area contributed by atoms with Gasteiger partial charge in [-0.15, -0.1) is 0 Å². The van der Waals surface area contributed by atoms with E-state index in [0.717, 1.165) is 6.07 Å². The average Bonchev–Trinajstić information content (AvgIpc) is 2.43. The second-order valence-corrected chi connectivity index (χ2v) is 4.88. The molecule has 0 aliphatic heterocycles. The first-order valence-corrected chi connectivity index (χ1v) is 6.59. The summed E-state index contributed by atoms with van der Waals surface area (Å²) in [5.74, 6) is -0.243. The molecule has 0 heterocycles. The first-order chi connectivity index (χ1) is 9.95. The van der Waals surface area contributed by atoms with Crippen molar-refractivity contribution >= 4 is 17.3 Å². The first kappa shape index (κ1) is 14.8. The molecule has 0 bridgehead atoms. The van der Waals surface area contributed by atoms with Gasteiger partial charge in [-0.2, -0.15) is 0 Å². The van der Waals surface area contributed by atoms with Crippen LogP contribution in [0.1, 0.15) is 24.2 Å². The molecule has 21 heavy (non-hydrogen) atoms. The van der Waals surface area contributed by atoms with Crippen LogP contribution >= 0.6 is 0 Å². The van der Waals surface area contributed by atoms with Gasteiger partial charge >= 0.3 is 0 Å². The molecule has 0 spiro atoms. The summed E-state index contributed by atoms with van der Waals surface area (Å²) >= 11 is 0. The molecule has 2 rings (SSSR count). The summed E-state index contributed by atoms with van der Waals surface area (Å²) in [6, 6.07) is 10.6. The van der Waals surface area contributed by atoms with Crippen molar-refractivity contribution in [3.8, 4) is 5.75 Å². The number of nitrogens with two attached hydrogens (primary N) is 1. The highest BCUT2D eigenvalue weighted by Crippen LogP contribution is 2.19. The van der Waals surface area contributed by atoms with Gasteiger partial charge in [0, 0.05) is 11.4 Å². The van der Waals surface area contributed by atoms with Crippen LogP contribution in [0.5, 0.6) is 5.75 Å². The van der Waals surface area contributed by atoms with Crippen molar-refractivity contribution in [2.24, 2.45) is 0 Å². The number of ether oxygens (including phenoxy) is 1. The van der Waals surface area contributed by atoms with E-state index in [4.69, 9.17) is 10.5 Å². The van der Waals surface area contributed by atoms with Crippen molar-refractivity contribution in [2.45, 2.75) is 20.0 Å². The molecule has 110 valence electrons. The second kappa shape index (κ2) is 6.26. The molecule has 2 aromatic carbocycles. The Balaban J connectivity index is 2.10. The number of nitrogen functional groups attached to an aromatic ring is 1. The minimum atomic E-state index is -0.505. The summed E-state index contributed by atoms with van der Waals surface area (Å²) in [5.41, 5.74) is 6.60. The van der Waals surface area contributed by atoms with E-state index in [-0.39, 0.29) is 17.4 Å². The monoisotopic (exact) mass is 288 g/mol. The van der Waals surface area contributed by atoms with E-state index in [1.54, 1.807) is 24.3 Å². The van der Waals surface area contributed by atoms with Crippen molar-refractivity contribution < 1.29 is 13.9 Å². The van der Waals surface area contributed by atoms with E-state index < -0.39 is 11.7 Å². The van der Waals surface area contributed by atoms with E-state index in [2.05, 4.69) is 5.32 Å². The van der Waals surface area contributed by atoms with Crippen LogP contribution < -0.4 is 15.8 Å². The van der Waals surface area contributed by atoms with E-state index in [9.17, 15) is 9.18 Å². The van der Waals surface area contributed by atoms with E-state index in [1.165, 1.54) is 12.1 Å². The van der Waals surface area contributed by atoms with Gasteiger partial charge in [0.15, 0.2) is 0 Å². The lowest BCUT2D eigenvalue weighted by Gasteiger charge is -2.11. The van der Waals surface area contributed by atoms with Crippen LogP contribution in [0.2, 0.25) is 0 Å². The quantitative estimate of drug-likeness (QED) is 0.847. The Morgan fingerprint density at radius 3 is 2.48 bits per heavy atom. The molecule has 0 aromatic heterocycles. The zero-order valence-corrected chi connectivity index (χ0v) is 11.9. The van der Waals surface area contributed by atoms with Crippen LogP contribution in [0.4, 0.5) is 15.8 Å². The Morgan fingerprint density at radius 2 is 1.86 bits per heavy atom. The maximum absolute atomic E-state index is 13.2. The molecule has 1 amide bonds. The zero-order chi connectivity index (χ0) is 15.4. The van der Waals surface area contributed by atoms with Gasteiger partial charge in [0.2, 0.25) is 0 Å². The summed E-state index contributed by atoms with van der Waals surface area (Å²) < 4.78 is 18.7. The molecule has 0 saturated heterocycles. The topological polar surface area (TPSA) is 64.3 Å². The summed E-state index contributed by atoms with van der Waals surface area (Å²) in [6.07, 6.45) is 0.0810. The molecule has 0 atom stereocenters. The molecular weight excluding hydrogens is 271 g/mol. The fourth-order valence-electron chi connectivity index (χ4n) is 1.81. The van der Waals surface area contributed by atoms with Crippen LogP contribution in [0, 0.1) is 5.82 Å². The number of carbonyl (C=O) groups is 1. The number of amides is 1. The predicted molar refractivity (Wildman–Crippen MR) is 81.0 cm³/mol. The Morgan fingerprint density at radius 1 is 1.19 bits per heavy atom. The van der Waals surface area contributed by atoms with Gasteiger partial charge in [-0.3, -0.25) is 4.79 Å². The molecule has 4 nitrogen and oxygen atoms in total. The van der Waals surface area contributed by atoms with Gasteiger partial charge in [0.1, 0.15) is 11.6 Å². The number of benzene rings is 2. The fraction of sp³-hybridized carbons (Fsp3) is 0.188. The van der Waals surface area contributed by atoms with Crippen molar-refractivity contribution in [2.75, 3.05) is 11.1 Å². The third-order valence-corrected chi connectivity index (χ3v) is 2.74. The molecule has 2 aromatic rings. The Bertz CT molecular complexity index is 639. The SMILES string of the molecule is CC(C)Oc1ccc(NC(=O)c2cc(F)ccc2N)cc1. The third kappa shape index (κ3) is 3.95. The lowest BCUT2D eigenvalue weighted by atomic mass is 10.1.